The smallest absolute Gasteiger partial charge is 0.244 e. The molecule has 0 unspecified atom stereocenters. The zero-order valence-electron chi connectivity index (χ0n) is 16.9. The maximum Gasteiger partial charge on any atom is 0.244 e. The van der Waals surface area contributed by atoms with Crippen molar-refractivity contribution in [3.63, 3.8) is 0 Å². The number of aromatic nitrogens is 2. The third kappa shape index (κ3) is 4.51. The number of hydrogen-bond donors (Lipinski definition) is 1. The molecular weight excluding hydrogens is 360 g/mol. The normalized spacial score (nSPS) is 14.8. The molecule has 1 amide bonds. The minimum atomic E-state index is -0.125. The lowest BCUT2D eigenvalue weighted by Crippen LogP contribution is -2.53. The van der Waals surface area contributed by atoms with E-state index in [-0.39, 0.29) is 11.4 Å². The zero-order valence-corrected chi connectivity index (χ0v) is 16.9. The van der Waals surface area contributed by atoms with Crippen LogP contribution in [0.4, 0.5) is 0 Å². The van der Waals surface area contributed by atoms with Gasteiger partial charge < -0.3 is 5.32 Å². The van der Waals surface area contributed by atoms with Crippen LogP contribution in [0.1, 0.15) is 30.7 Å². The summed E-state index contributed by atoms with van der Waals surface area (Å²) in [5, 5.41) is 3.04. The zero-order chi connectivity index (χ0) is 20.3. The Hall–Kier alpha value is -3.05. The van der Waals surface area contributed by atoms with E-state index in [1.807, 2.05) is 24.3 Å². The lowest BCUT2D eigenvalue weighted by Gasteiger charge is -2.41. The Kier molecular flexibility index (Phi) is 5.41. The van der Waals surface area contributed by atoms with Crippen molar-refractivity contribution in [1.29, 1.82) is 0 Å². The van der Waals surface area contributed by atoms with Crippen LogP contribution < -0.4 is 5.32 Å². The quantitative estimate of drug-likeness (QED) is 0.681. The molecule has 3 aromatic rings. The average molecular weight is 386 g/mol. The Labute approximate surface area is 171 Å². The molecule has 5 heteroatoms. The second kappa shape index (κ2) is 8.13. The SMILES string of the molecule is CC(C)(CNC(=O)/C=C/c1cnc2ccccc2n1)N1CCc2ccccc2C1. The van der Waals surface area contributed by atoms with E-state index in [9.17, 15) is 4.79 Å². The highest BCUT2D eigenvalue weighted by atomic mass is 16.1. The van der Waals surface area contributed by atoms with Crippen LogP contribution in [0.25, 0.3) is 17.1 Å². The monoisotopic (exact) mass is 386 g/mol. The van der Waals surface area contributed by atoms with E-state index >= 15 is 0 Å². The van der Waals surface area contributed by atoms with Crippen LogP contribution >= 0.6 is 0 Å². The van der Waals surface area contributed by atoms with Gasteiger partial charge in [0.15, 0.2) is 0 Å². The molecule has 0 spiro atoms. The molecule has 148 valence electrons. The van der Waals surface area contributed by atoms with Crippen LogP contribution in [0.5, 0.6) is 0 Å². The fourth-order valence-electron chi connectivity index (χ4n) is 3.70. The summed E-state index contributed by atoms with van der Waals surface area (Å²) in [5.74, 6) is -0.120. The molecule has 0 radical (unpaired) electrons. The van der Waals surface area contributed by atoms with Crippen molar-refractivity contribution in [1.82, 2.24) is 20.2 Å². The summed E-state index contributed by atoms with van der Waals surface area (Å²) in [4.78, 5) is 23.7. The summed E-state index contributed by atoms with van der Waals surface area (Å²) in [5.41, 5.74) is 5.03. The molecule has 0 saturated carbocycles. The van der Waals surface area contributed by atoms with Crippen molar-refractivity contribution < 1.29 is 4.79 Å². The van der Waals surface area contributed by atoms with Crippen LogP contribution in [0, 0.1) is 0 Å². The summed E-state index contributed by atoms with van der Waals surface area (Å²) in [6.45, 7) is 6.87. The van der Waals surface area contributed by atoms with Gasteiger partial charge in [-0.05, 0) is 49.6 Å². The number of carbonyl (C=O) groups excluding carboxylic acids is 1. The molecule has 5 nitrogen and oxygen atoms in total. The van der Waals surface area contributed by atoms with Crippen LogP contribution in [0.2, 0.25) is 0 Å². The van der Waals surface area contributed by atoms with Crippen molar-refractivity contribution in [2.75, 3.05) is 13.1 Å². The van der Waals surface area contributed by atoms with Crippen LogP contribution in [-0.4, -0.2) is 39.4 Å². The van der Waals surface area contributed by atoms with Gasteiger partial charge in [-0.3, -0.25) is 14.7 Å². The van der Waals surface area contributed by atoms with Gasteiger partial charge in [0.1, 0.15) is 0 Å². The van der Waals surface area contributed by atoms with E-state index in [0.29, 0.717) is 12.2 Å². The topological polar surface area (TPSA) is 58.1 Å². The average Bonchev–Trinajstić information content (AvgIpc) is 2.76. The van der Waals surface area contributed by atoms with E-state index in [2.05, 4.69) is 58.3 Å². The van der Waals surface area contributed by atoms with Crippen molar-refractivity contribution in [2.45, 2.75) is 32.4 Å². The molecular formula is C24H26N4O. The Morgan fingerprint density at radius 3 is 2.66 bits per heavy atom. The first-order valence-corrected chi connectivity index (χ1v) is 10.0. The highest BCUT2D eigenvalue weighted by Crippen LogP contribution is 2.24. The molecule has 1 aromatic heterocycles. The number of nitrogens with zero attached hydrogens (tertiary/aromatic N) is 3. The second-order valence-corrected chi connectivity index (χ2v) is 8.09. The van der Waals surface area contributed by atoms with Gasteiger partial charge in [-0.15, -0.1) is 0 Å². The van der Waals surface area contributed by atoms with Crippen molar-refractivity contribution in [3.8, 4) is 0 Å². The molecule has 1 aliphatic heterocycles. The van der Waals surface area contributed by atoms with Crippen molar-refractivity contribution >= 4 is 23.0 Å². The van der Waals surface area contributed by atoms with E-state index in [1.54, 1.807) is 12.3 Å². The van der Waals surface area contributed by atoms with Gasteiger partial charge in [-0.1, -0.05) is 36.4 Å². The standard InChI is InChI=1S/C24H26N4O/c1-24(2,28-14-13-18-7-3-4-8-19(18)16-28)17-26-23(29)12-11-20-15-25-21-9-5-6-10-22(21)27-20/h3-12,15H,13-14,16-17H2,1-2H3,(H,26,29)/b12-11+. The number of benzene rings is 2. The Balaban J connectivity index is 1.35. The number of hydrogen-bond acceptors (Lipinski definition) is 4. The van der Waals surface area contributed by atoms with Gasteiger partial charge in [0.05, 0.1) is 22.9 Å². The van der Waals surface area contributed by atoms with Gasteiger partial charge in [0, 0.05) is 31.2 Å². The number of carbonyl (C=O) groups is 1. The first-order chi connectivity index (χ1) is 14.0. The molecule has 1 N–H and O–H groups in total. The summed E-state index contributed by atoms with van der Waals surface area (Å²) in [6.07, 6.45) is 5.97. The predicted molar refractivity (Wildman–Crippen MR) is 116 cm³/mol. The summed E-state index contributed by atoms with van der Waals surface area (Å²) in [7, 11) is 0. The molecule has 0 fully saturated rings. The Bertz CT molecular complexity index is 1060. The molecule has 2 heterocycles. The number of nitrogens with one attached hydrogen (secondary N) is 1. The number of amides is 1. The molecule has 0 atom stereocenters. The molecule has 0 saturated heterocycles. The third-order valence-electron chi connectivity index (χ3n) is 5.55. The maximum absolute atomic E-state index is 12.3. The Morgan fingerprint density at radius 1 is 1.10 bits per heavy atom. The van der Waals surface area contributed by atoms with Gasteiger partial charge in [-0.25, -0.2) is 4.98 Å². The van der Waals surface area contributed by atoms with Gasteiger partial charge in [0.2, 0.25) is 5.91 Å². The molecule has 0 bridgehead atoms. The number of para-hydroxylation sites is 2. The minimum Gasteiger partial charge on any atom is -0.351 e. The van der Waals surface area contributed by atoms with E-state index < -0.39 is 0 Å². The second-order valence-electron chi connectivity index (χ2n) is 8.09. The summed E-state index contributed by atoms with van der Waals surface area (Å²) >= 11 is 0. The van der Waals surface area contributed by atoms with Crippen LogP contribution in [-0.2, 0) is 17.8 Å². The molecule has 0 aliphatic carbocycles. The molecule has 29 heavy (non-hydrogen) atoms. The van der Waals surface area contributed by atoms with Gasteiger partial charge in [0.25, 0.3) is 0 Å². The summed E-state index contributed by atoms with van der Waals surface area (Å²) in [6, 6.07) is 16.3. The maximum atomic E-state index is 12.3. The first kappa shape index (κ1) is 19.3. The predicted octanol–water partition coefficient (Wildman–Crippen LogP) is 3.60. The molecule has 4 rings (SSSR count). The van der Waals surface area contributed by atoms with Crippen LogP contribution in [0.15, 0.2) is 60.8 Å². The van der Waals surface area contributed by atoms with Gasteiger partial charge in [-0.2, -0.15) is 0 Å². The van der Waals surface area contributed by atoms with Crippen molar-refractivity contribution in [3.05, 3.63) is 77.6 Å². The Morgan fingerprint density at radius 2 is 1.83 bits per heavy atom. The summed E-state index contributed by atoms with van der Waals surface area (Å²) < 4.78 is 0. The highest BCUT2D eigenvalue weighted by molar-refractivity contribution is 5.91. The lowest BCUT2D eigenvalue weighted by atomic mass is 9.94. The van der Waals surface area contributed by atoms with Crippen molar-refractivity contribution in [2.24, 2.45) is 0 Å². The lowest BCUT2D eigenvalue weighted by molar-refractivity contribution is -0.117. The number of fused-ring (bicyclic) bond motifs is 2. The van der Waals surface area contributed by atoms with Gasteiger partial charge >= 0.3 is 0 Å². The van der Waals surface area contributed by atoms with E-state index in [1.165, 1.54) is 17.2 Å². The fraction of sp³-hybridized carbons (Fsp3) is 0.292. The largest absolute Gasteiger partial charge is 0.351 e. The highest BCUT2D eigenvalue weighted by Gasteiger charge is 2.29. The first-order valence-electron chi connectivity index (χ1n) is 10.0. The molecule has 1 aliphatic rings. The van der Waals surface area contributed by atoms with Crippen LogP contribution in [0.3, 0.4) is 0 Å². The minimum absolute atomic E-state index is 0.120. The van der Waals surface area contributed by atoms with E-state index in [4.69, 9.17) is 0 Å². The molecule has 2 aromatic carbocycles. The fourth-order valence-corrected chi connectivity index (χ4v) is 3.70. The van der Waals surface area contributed by atoms with E-state index in [0.717, 1.165) is 30.5 Å². The number of rotatable bonds is 5. The third-order valence-corrected chi connectivity index (χ3v) is 5.55.